The van der Waals surface area contributed by atoms with Crippen molar-refractivity contribution in [2.75, 3.05) is 0 Å². The van der Waals surface area contributed by atoms with Gasteiger partial charge in [0, 0.05) is 33.4 Å². The first kappa shape index (κ1) is 53.1. The standard InChI is InChI=1S/C72H72N12/c1-55-7-19-61(20-8-55)79-37-31-73(49-79)43-67-68(44-74-32-38-80(50-74)62-21-9-56(2)10-22-62)70(46-76-34-40-82(52-76)64-25-13-58(4)14-26-64)72(48-78-36-42-84(54-78)66-29-17-60(6)18-30-66)71(47-77-35-41-83(53-77)65-27-15-59(5)16-28-65)69(67)45-75-33-39-81(51-75)63-23-11-57(3)12-24-63/h7-42,49-54H,43-48H2,1-6H3/q+6. The molecule has 0 fully saturated rings. The lowest BCUT2D eigenvalue weighted by Crippen LogP contribution is -2.44. The van der Waals surface area contributed by atoms with E-state index in [0.29, 0.717) is 39.3 Å². The third-order valence-corrected chi connectivity index (χ3v) is 16.4. The highest BCUT2D eigenvalue weighted by atomic mass is 15.2. The number of rotatable bonds is 18. The minimum Gasteiger partial charge on any atom is -0.232 e. The molecule has 0 amide bonds. The van der Waals surface area contributed by atoms with Crippen LogP contribution in [0.3, 0.4) is 0 Å². The van der Waals surface area contributed by atoms with Gasteiger partial charge in [0.1, 0.15) is 148 Å². The molecule has 6 aromatic heterocycles. The Morgan fingerprint density at radius 1 is 0.202 bits per heavy atom. The number of aryl methyl sites for hydroxylation is 6. The van der Waals surface area contributed by atoms with Crippen LogP contribution >= 0.6 is 0 Å². The molecule has 7 aromatic carbocycles. The normalized spacial score (nSPS) is 11.5. The van der Waals surface area contributed by atoms with E-state index >= 15 is 0 Å². The Hall–Kier alpha value is -10.2. The lowest BCUT2D eigenvalue weighted by molar-refractivity contribution is -0.700. The number of imidazole rings is 6. The predicted octanol–water partition coefficient (Wildman–Crippen LogP) is 10.3. The molecule has 0 aliphatic rings. The van der Waals surface area contributed by atoms with E-state index in [1.807, 2.05) is 0 Å². The van der Waals surface area contributed by atoms with Crippen LogP contribution in [0, 0.1) is 41.5 Å². The molecule has 0 N–H and O–H groups in total. The van der Waals surface area contributed by atoms with Gasteiger partial charge in [-0.05, 0) is 114 Å². The van der Waals surface area contributed by atoms with E-state index in [9.17, 15) is 0 Å². The summed E-state index contributed by atoms with van der Waals surface area (Å²) in [6.45, 7) is 16.6. The van der Waals surface area contributed by atoms with Crippen molar-refractivity contribution < 1.29 is 27.4 Å². The van der Waals surface area contributed by atoms with E-state index < -0.39 is 0 Å². The fourth-order valence-corrected chi connectivity index (χ4v) is 11.5. The van der Waals surface area contributed by atoms with Crippen molar-refractivity contribution in [3.8, 4) is 34.1 Å². The monoisotopic (exact) mass is 1100 g/mol. The summed E-state index contributed by atoms with van der Waals surface area (Å²) in [6, 6.07) is 52.7. The molecular formula is C72H72N12+6. The molecule has 0 saturated carbocycles. The number of aromatic nitrogens is 12. The van der Waals surface area contributed by atoms with Gasteiger partial charge in [0.2, 0.25) is 38.0 Å². The first-order chi connectivity index (χ1) is 41.0. The summed E-state index contributed by atoms with van der Waals surface area (Å²) in [5.41, 5.74) is 21.9. The van der Waals surface area contributed by atoms with Gasteiger partial charge in [0.25, 0.3) is 0 Å². The lowest BCUT2D eigenvalue weighted by Gasteiger charge is -2.24. The molecule has 84 heavy (non-hydrogen) atoms. The van der Waals surface area contributed by atoms with Crippen LogP contribution < -0.4 is 27.4 Å². The van der Waals surface area contributed by atoms with Crippen molar-refractivity contribution in [3.05, 3.63) is 325 Å². The topological polar surface area (TPSA) is 52.9 Å². The molecule has 0 aliphatic carbocycles. The maximum Gasteiger partial charge on any atom is 0.249 e. The van der Waals surface area contributed by atoms with Gasteiger partial charge in [0.15, 0.2) is 0 Å². The average Bonchev–Trinajstić information content (AvgIpc) is 2.39. The number of hydrogen-bond donors (Lipinski definition) is 0. The first-order valence-corrected chi connectivity index (χ1v) is 29.0. The lowest BCUT2D eigenvalue weighted by atomic mass is 9.85. The number of nitrogens with zero attached hydrogens (tertiary/aromatic N) is 12. The second-order valence-electron chi connectivity index (χ2n) is 22.8. The highest BCUT2D eigenvalue weighted by Crippen LogP contribution is 2.31. The molecule has 0 bridgehead atoms. The Kier molecular flexibility index (Phi) is 14.5. The largest absolute Gasteiger partial charge is 0.249 e. The molecule has 13 rings (SSSR count). The van der Waals surface area contributed by atoms with Gasteiger partial charge in [-0.2, -0.15) is 0 Å². The molecule has 0 radical (unpaired) electrons. The van der Waals surface area contributed by atoms with Crippen molar-refractivity contribution in [1.82, 2.24) is 27.4 Å². The zero-order valence-corrected chi connectivity index (χ0v) is 48.9. The summed E-state index contributed by atoms with van der Waals surface area (Å²) < 4.78 is 27.7. The van der Waals surface area contributed by atoms with E-state index in [0.717, 1.165) is 34.1 Å². The van der Waals surface area contributed by atoms with Gasteiger partial charge in [0.05, 0.1) is 0 Å². The summed E-state index contributed by atoms with van der Waals surface area (Å²) in [4.78, 5) is 0. The van der Waals surface area contributed by atoms with E-state index in [1.165, 1.54) is 66.8 Å². The third-order valence-electron chi connectivity index (χ3n) is 16.4. The van der Waals surface area contributed by atoms with E-state index in [1.54, 1.807) is 0 Å². The number of hydrogen-bond acceptors (Lipinski definition) is 0. The third kappa shape index (κ3) is 11.6. The van der Waals surface area contributed by atoms with Crippen molar-refractivity contribution in [2.24, 2.45) is 0 Å². The Labute approximate surface area is 492 Å². The van der Waals surface area contributed by atoms with Gasteiger partial charge in [-0.25, -0.2) is 54.8 Å². The van der Waals surface area contributed by atoms with Gasteiger partial charge in [-0.3, -0.25) is 0 Å². The second kappa shape index (κ2) is 23.0. The summed E-state index contributed by atoms with van der Waals surface area (Å²) in [7, 11) is 0. The van der Waals surface area contributed by atoms with Gasteiger partial charge < -0.3 is 0 Å². The fraction of sp³-hybridized carbons (Fsp3) is 0.167. The van der Waals surface area contributed by atoms with Crippen LogP contribution in [0.5, 0.6) is 0 Å². The molecule has 6 heterocycles. The minimum absolute atomic E-state index is 0.628. The Bertz CT molecular complexity index is 3640. The SMILES string of the molecule is Cc1ccc(-n2cc[n+](Cc3c(C[n+]4ccn(-c5ccc(C)cc5)c4)c(C[n+]4ccn(-c5ccc(C)cc5)c4)c(C[n+]4ccn(-c5ccc(C)cc5)c4)c(C[n+]4ccn(-c5ccc(C)cc5)c4)c3C[n+]3ccn(-c4ccc(C)cc4)c3)c2)cc1. The average molecular weight is 1110 g/mol. The zero-order valence-electron chi connectivity index (χ0n) is 48.9. The van der Waals surface area contributed by atoms with E-state index in [-0.39, 0.29) is 0 Å². The minimum atomic E-state index is 0.628. The summed E-state index contributed by atoms with van der Waals surface area (Å²) in [5.74, 6) is 0. The van der Waals surface area contributed by atoms with Crippen LogP contribution in [0.25, 0.3) is 34.1 Å². The Morgan fingerprint density at radius 2 is 0.333 bits per heavy atom. The van der Waals surface area contributed by atoms with Crippen LogP contribution in [0.4, 0.5) is 0 Å². The van der Waals surface area contributed by atoms with Crippen LogP contribution in [0.1, 0.15) is 66.8 Å². The molecule has 0 saturated heterocycles. The quantitative estimate of drug-likeness (QED) is 0.0769. The summed E-state index contributed by atoms with van der Waals surface area (Å²) in [5, 5.41) is 0. The van der Waals surface area contributed by atoms with E-state index in [2.05, 4.69) is 354 Å². The van der Waals surface area contributed by atoms with Crippen LogP contribution in [-0.2, 0) is 39.3 Å². The van der Waals surface area contributed by atoms with E-state index in [4.69, 9.17) is 0 Å². The Morgan fingerprint density at radius 3 is 0.464 bits per heavy atom. The molecule has 12 nitrogen and oxygen atoms in total. The molecule has 13 aromatic rings. The predicted molar refractivity (Wildman–Crippen MR) is 325 cm³/mol. The molecule has 12 heteroatoms. The van der Waals surface area contributed by atoms with Gasteiger partial charge in [-0.1, -0.05) is 106 Å². The van der Waals surface area contributed by atoms with Crippen LogP contribution in [0.15, 0.2) is 258 Å². The zero-order chi connectivity index (χ0) is 57.3. The number of benzene rings is 7. The maximum absolute atomic E-state index is 2.37. The molecule has 0 aliphatic heterocycles. The molecule has 0 unspecified atom stereocenters. The highest BCUT2D eigenvalue weighted by Gasteiger charge is 2.32. The summed E-state index contributed by atoms with van der Waals surface area (Å²) >= 11 is 0. The van der Waals surface area contributed by atoms with Gasteiger partial charge >= 0.3 is 0 Å². The van der Waals surface area contributed by atoms with Crippen LogP contribution in [0.2, 0.25) is 0 Å². The van der Waals surface area contributed by atoms with Crippen molar-refractivity contribution in [2.45, 2.75) is 80.8 Å². The van der Waals surface area contributed by atoms with Crippen molar-refractivity contribution in [1.29, 1.82) is 0 Å². The van der Waals surface area contributed by atoms with Crippen molar-refractivity contribution in [3.63, 3.8) is 0 Å². The fourth-order valence-electron chi connectivity index (χ4n) is 11.5. The van der Waals surface area contributed by atoms with Crippen LogP contribution in [-0.4, -0.2) is 27.4 Å². The van der Waals surface area contributed by atoms with Gasteiger partial charge in [-0.15, -0.1) is 0 Å². The first-order valence-electron chi connectivity index (χ1n) is 29.0. The highest BCUT2D eigenvalue weighted by molar-refractivity contribution is 5.52. The second-order valence-corrected chi connectivity index (χ2v) is 22.8. The summed E-state index contributed by atoms with van der Waals surface area (Å²) in [6.07, 6.45) is 40.1. The molecule has 0 spiro atoms. The molecule has 414 valence electrons. The molecular weight excluding hydrogens is 1030 g/mol. The van der Waals surface area contributed by atoms with Crippen molar-refractivity contribution >= 4 is 0 Å². The molecule has 0 atom stereocenters. The maximum atomic E-state index is 2.37. The smallest absolute Gasteiger partial charge is 0.232 e. The Balaban J connectivity index is 1.07.